The van der Waals surface area contributed by atoms with Gasteiger partial charge >= 0.3 is 0 Å². The van der Waals surface area contributed by atoms with Gasteiger partial charge < -0.3 is 24.2 Å². The summed E-state index contributed by atoms with van der Waals surface area (Å²) in [5.74, 6) is -4.22. The van der Waals surface area contributed by atoms with E-state index in [1.54, 1.807) is 13.0 Å². The van der Waals surface area contributed by atoms with Crippen LogP contribution in [-0.4, -0.2) is 49.9 Å². The molecule has 8 nitrogen and oxygen atoms in total. The minimum absolute atomic E-state index is 0.112. The number of carbonyl (C=O) groups is 1. The molecule has 0 radical (unpaired) electrons. The number of anilines is 2. The summed E-state index contributed by atoms with van der Waals surface area (Å²) in [6, 6.07) is 5.90. The van der Waals surface area contributed by atoms with Crippen LogP contribution in [0.1, 0.15) is 29.8 Å². The predicted octanol–water partition coefficient (Wildman–Crippen LogP) is 4.54. The summed E-state index contributed by atoms with van der Waals surface area (Å²) in [6.07, 6.45) is -0.940. The van der Waals surface area contributed by atoms with Crippen LogP contribution >= 0.6 is 8.38 Å². The molecule has 0 spiro atoms. The van der Waals surface area contributed by atoms with E-state index in [1.165, 1.54) is 12.1 Å². The molecule has 12 heteroatoms. The Balaban J connectivity index is 1.94. The summed E-state index contributed by atoms with van der Waals surface area (Å²) in [5, 5.41) is 12.4. The SMILES string of the molecule is CCOP(COCC(O)CONC(=O)c1ccc(F)c(F)c1Nc1ccc(C)cc1F)OCC. The molecule has 1 amide bonds. The highest BCUT2D eigenvalue weighted by atomic mass is 31.2. The van der Waals surface area contributed by atoms with Crippen molar-refractivity contribution in [3.05, 3.63) is 58.9 Å². The zero-order valence-electron chi connectivity index (χ0n) is 19.1. The van der Waals surface area contributed by atoms with Crippen LogP contribution in [0.25, 0.3) is 0 Å². The molecule has 188 valence electrons. The topological polar surface area (TPSA) is 98.3 Å². The number of aliphatic hydroxyl groups excluding tert-OH is 1. The first-order valence-electron chi connectivity index (χ1n) is 10.5. The van der Waals surface area contributed by atoms with Gasteiger partial charge in [0.1, 0.15) is 24.9 Å². The number of benzene rings is 2. The Morgan fingerprint density at radius 3 is 2.41 bits per heavy atom. The van der Waals surface area contributed by atoms with Gasteiger partial charge in [0.15, 0.2) is 20.0 Å². The van der Waals surface area contributed by atoms with Gasteiger partial charge in [-0.2, -0.15) is 0 Å². The van der Waals surface area contributed by atoms with E-state index in [9.17, 15) is 23.1 Å². The Bertz CT molecular complexity index is 947. The monoisotopic (exact) mass is 504 g/mol. The zero-order valence-corrected chi connectivity index (χ0v) is 20.0. The van der Waals surface area contributed by atoms with Crippen molar-refractivity contribution in [1.82, 2.24) is 5.48 Å². The highest BCUT2D eigenvalue weighted by Gasteiger charge is 2.21. The van der Waals surface area contributed by atoms with Crippen LogP contribution in [0.4, 0.5) is 24.5 Å². The number of hydrogen-bond acceptors (Lipinski definition) is 7. The highest BCUT2D eigenvalue weighted by molar-refractivity contribution is 7.47. The average molecular weight is 504 g/mol. The average Bonchev–Trinajstić information content (AvgIpc) is 2.78. The van der Waals surface area contributed by atoms with Gasteiger partial charge in [-0.05, 0) is 50.6 Å². The largest absolute Gasteiger partial charge is 0.388 e. The predicted molar refractivity (Wildman–Crippen MR) is 121 cm³/mol. The fourth-order valence-corrected chi connectivity index (χ4v) is 3.74. The summed E-state index contributed by atoms with van der Waals surface area (Å²) in [7, 11) is -1.22. The molecule has 2 rings (SSSR count). The molecular weight excluding hydrogens is 476 g/mol. The molecule has 0 aromatic heterocycles. The molecule has 0 aliphatic heterocycles. The number of hydrogen-bond donors (Lipinski definition) is 3. The van der Waals surface area contributed by atoms with Crippen LogP contribution in [0.3, 0.4) is 0 Å². The molecule has 2 aromatic carbocycles. The molecular formula is C22H28F3N2O6P. The lowest BCUT2D eigenvalue weighted by Gasteiger charge is -2.17. The summed E-state index contributed by atoms with van der Waals surface area (Å²) >= 11 is 0. The standard InChI is InChI=1S/C22H28F3N2O6P/c1-4-32-34(33-5-2)13-30-11-15(28)12-31-27-22(29)16-7-8-17(23)20(25)21(16)26-19-9-6-14(3)10-18(19)24/h6-10,15,26,28H,4-5,11-13H2,1-3H3,(H,27,29). The van der Waals surface area contributed by atoms with Crippen molar-refractivity contribution in [1.29, 1.82) is 0 Å². The summed E-state index contributed by atoms with van der Waals surface area (Å²) in [6.45, 7) is 5.79. The van der Waals surface area contributed by atoms with Crippen molar-refractivity contribution < 1.29 is 41.7 Å². The molecule has 0 bridgehead atoms. The minimum atomic E-state index is -1.36. The number of ether oxygens (including phenoxy) is 1. The quantitative estimate of drug-likeness (QED) is 0.257. The lowest BCUT2D eigenvalue weighted by Crippen LogP contribution is -2.31. The van der Waals surface area contributed by atoms with Crippen LogP contribution in [0, 0.1) is 24.4 Å². The third-order valence-electron chi connectivity index (χ3n) is 4.22. The third-order valence-corrected chi connectivity index (χ3v) is 5.70. The zero-order chi connectivity index (χ0) is 25.1. The van der Waals surface area contributed by atoms with E-state index in [0.29, 0.717) is 18.8 Å². The van der Waals surface area contributed by atoms with E-state index in [4.69, 9.17) is 18.6 Å². The number of aliphatic hydroxyl groups is 1. The van der Waals surface area contributed by atoms with E-state index in [2.05, 4.69) is 5.32 Å². The van der Waals surface area contributed by atoms with Crippen molar-refractivity contribution in [2.75, 3.05) is 38.1 Å². The van der Waals surface area contributed by atoms with Gasteiger partial charge in [0, 0.05) is 0 Å². The van der Waals surface area contributed by atoms with Crippen LogP contribution < -0.4 is 10.8 Å². The maximum atomic E-state index is 14.4. The lowest BCUT2D eigenvalue weighted by atomic mass is 10.1. The van der Waals surface area contributed by atoms with E-state index >= 15 is 0 Å². The fraction of sp³-hybridized carbons (Fsp3) is 0.409. The summed E-state index contributed by atoms with van der Waals surface area (Å²) < 4.78 is 58.5. The second-order valence-electron chi connectivity index (χ2n) is 6.96. The van der Waals surface area contributed by atoms with Crippen molar-refractivity contribution in [2.24, 2.45) is 0 Å². The molecule has 0 aliphatic rings. The number of amides is 1. The number of aryl methyl sites for hydroxylation is 1. The number of rotatable bonds is 14. The Morgan fingerprint density at radius 1 is 1.06 bits per heavy atom. The number of hydroxylamine groups is 1. The first-order valence-corrected chi connectivity index (χ1v) is 11.9. The highest BCUT2D eigenvalue weighted by Crippen LogP contribution is 2.37. The van der Waals surface area contributed by atoms with Crippen molar-refractivity contribution >= 4 is 25.7 Å². The molecule has 1 unspecified atom stereocenters. The van der Waals surface area contributed by atoms with Gasteiger partial charge in [0.05, 0.1) is 36.8 Å². The van der Waals surface area contributed by atoms with Crippen LogP contribution in [0.2, 0.25) is 0 Å². The summed E-state index contributed by atoms with van der Waals surface area (Å²) in [4.78, 5) is 17.5. The Hall–Kier alpha value is -2.27. The van der Waals surface area contributed by atoms with Gasteiger partial charge in [-0.15, -0.1) is 0 Å². The Kier molecular flexibility index (Phi) is 11.7. The smallest absolute Gasteiger partial charge is 0.277 e. The number of halogens is 3. The van der Waals surface area contributed by atoms with Crippen LogP contribution in [0.15, 0.2) is 30.3 Å². The third kappa shape index (κ3) is 8.50. The molecule has 2 aromatic rings. The molecule has 34 heavy (non-hydrogen) atoms. The molecule has 0 saturated carbocycles. The number of nitrogens with one attached hydrogen (secondary N) is 2. The first kappa shape index (κ1) is 28.0. The second-order valence-corrected chi connectivity index (χ2v) is 8.40. The van der Waals surface area contributed by atoms with Gasteiger partial charge in [-0.1, -0.05) is 6.07 Å². The summed E-state index contributed by atoms with van der Waals surface area (Å²) in [5.41, 5.74) is 1.64. The molecule has 0 aliphatic carbocycles. The molecule has 0 saturated heterocycles. The van der Waals surface area contributed by atoms with E-state index in [1.807, 2.05) is 19.3 Å². The maximum absolute atomic E-state index is 14.4. The van der Waals surface area contributed by atoms with Gasteiger partial charge in [-0.3, -0.25) is 9.63 Å². The van der Waals surface area contributed by atoms with E-state index in [0.717, 1.165) is 12.1 Å². The second kappa shape index (κ2) is 14.2. The van der Waals surface area contributed by atoms with Gasteiger partial charge in [0.25, 0.3) is 5.91 Å². The normalized spacial score (nSPS) is 12.1. The van der Waals surface area contributed by atoms with Crippen molar-refractivity contribution in [3.63, 3.8) is 0 Å². The van der Waals surface area contributed by atoms with Crippen molar-refractivity contribution in [3.8, 4) is 0 Å². The molecule has 3 N–H and O–H groups in total. The Labute approximate surface area is 197 Å². The van der Waals surface area contributed by atoms with E-state index in [-0.39, 0.29) is 30.8 Å². The number of carbonyl (C=O) groups excluding carboxylic acids is 1. The molecule has 0 fully saturated rings. The van der Waals surface area contributed by atoms with Gasteiger partial charge in [-0.25, -0.2) is 18.7 Å². The van der Waals surface area contributed by atoms with E-state index < -0.39 is 43.5 Å². The molecule has 1 atom stereocenters. The fourth-order valence-electron chi connectivity index (χ4n) is 2.69. The minimum Gasteiger partial charge on any atom is -0.388 e. The van der Waals surface area contributed by atoms with Gasteiger partial charge in [0.2, 0.25) is 0 Å². The van der Waals surface area contributed by atoms with Crippen molar-refractivity contribution in [2.45, 2.75) is 26.9 Å². The Morgan fingerprint density at radius 2 is 1.76 bits per heavy atom. The maximum Gasteiger partial charge on any atom is 0.277 e. The first-order chi connectivity index (χ1) is 16.3. The van der Waals surface area contributed by atoms with Crippen LogP contribution in [-0.2, 0) is 18.6 Å². The molecule has 0 heterocycles. The van der Waals surface area contributed by atoms with Crippen LogP contribution in [0.5, 0.6) is 0 Å². The lowest BCUT2D eigenvalue weighted by molar-refractivity contribution is -0.0398.